The summed E-state index contributed by atoms with van der Waals surface area (Å²) in [6.07, 6.45) is 3.39. The van der Waals surface area contributed by atoms with Crippen LogP contribution in [0.3, 0.4) is 0 Å². The fraction of sp³-hybridized carbons (Fsp3) is 0.462. The molecule has 1 aliphatic heterocycles. The molecule has 0 aliphatic carbocycles. The molecule has 0 spiro atoms. The first-order valence-corrected chi connectivity index (χ1v) is 6.81. The van der Waals surface area contributed by atoms with Gasteiger partial charge in [-0.2, -0.15) is 0 Å². The number of aromatic nitrogens is 1. The van der Waals surface area contributed by atoms with Crippen molar-refractivity contribution in [3.05, 3.63) is 23.0 Å². The van der Waals surface area contributed by atoms with Gasteiger partial charge in [-0.25, -0.2) is 4.98 Å². The minimum absolute atomic E-state index is 0.0399. The van der Waals surface area contributed by atoms with E-state index in [0.29, 0.717) is 0 Å². The van der Waals surface area contributed by atoms with E-state index in [2.05, 4.69) is 4.98 Å². The number of likely N-dealkylation sites (N-methyl/N-ethyl adjacent to an activating group) is 1. The van der Waals surface area contributed by atoms with Crippen molar-refractivity contribution in [2.75, 3.05) is 32.4 Å². The fourth-order valence-corrected chi connectivity index (χ4v) is 2.33. The van der Waals surface area contributed by atoms with Gasteiger partial charge in [0.05, 0.1) is 24.0 Å². The third-order valence-electron chi connectivity index (χ3n) is 3.31. The number of nitrogen functional groups attached to an aromatic ring is 1. The minimum atomic E-state index is -0.334. The van der Waals surface area contributed by atoms with Crippen molar-refractivity contribution >= 4 is 29.1 Å². The summed E-state index contributed by atoms with van der Waals surface area (Å²) in [6.45, 7) is 1.58. The molecule has 1 fully saturated rings. The summed E-state index contributed by atoms with van der Waals surface area (Å²) in [6, 6.07) is 1.41. The van der Waals surface area contributed by atoms with Crippen molar-refractivity contribution in [2.24, 2.45) is 0 Å². The largest absolute Gasteiger partial charge is 0.397 e. The topological polar surface area (TPSA) is 79.5 Å². The Balaban J connectivity index is 2.04. The van der Waals surface area contributed by atoms with Crippen molar-refractivity contribution in [1.29, 1.82) is 0 Å². The number of anilines is 1. The zero-order valence-electron chi connectivity index (χ0n) is 11.3. The lowest BCUT2D eigenvalue weighted by Crippen LogP contribution is -2.40. The first-order chi connectivity index (χ1) is 9.49. The molecule has 0 radical (unpaired) electrons. The van der Waals surface area contributed by atoms with Crippen LogP contribution in [0.5, 0.6) is 0 Å². The summed E-state index contributed by atoms with van der Waals surface area (Å²) >= 11 is 5.76. The maximum Gasteiger partial charge on any atom is 0.256 e. The van der Waals surface area contributed by atoms with Gasteiger partial charge in [0.15, 0.2) is 0 Å². The number of hydrogen-bond acceptors (Lipinski definition) is 4. The van der Waals surface area contributed by atoms with Gasteiger partial charge in [0.2, 0.25) is 5.91 Å². The van der Waals surface area contributed by atoms with E-state index < -0.39 is 0 Å². The fourth-order valence-electron chi connectivity index (χ4n) is 2.17. The number of nitrogens with zero attached hydrogens (tertiary/aromatic N) is 3. The second-order valence-electron chi connectivity index (χ2n) is 4.84. The molecule has 1 aliphatic rings. The smallest absolute Gasteiger partial charge is 0.256 e. The summed E-state index contributed by atoms with van der Waals surface area (Å²) in [4.78, 5) is 31.2. The van der Waals surface area contributed by atoms with Crippen LogP contribution >= 0.6 is 11.6 Å². The van der Waals surface area contributed by atoms with Gasteiger partial charge >= 0.3 is 0 Å². The Morgan fingerprint density at radius 2 is 2.10 bits per heavy atom. The van der Waals surface area contributed by atoms with Gasteiger partial charge in [-0.3, -0.25) is 9.59 Å². The Kier molecular flexibility index (Phi) is 4.44. The maximum absolute atomic E-state index is 12.3. The highest BCUT2D eigenvalue weighted by Gasteiger charge is 2.22. The summed E-state index contributed by atoms with van der Waals surface area (Å²) in [7, 11) is 1.57. The quantitative estimate of drug-likeness (QED) is 0.844. The SMILES string of the molecule is CN(CC(=O)N1CCCC1)C(=O)c1cc(Cl)ncc1N. The molecule has 6 nitrogen and oxygen atoms in total. The van der Waals surface area contributed by atoms with E-state index in [1.165, 1.54) is 17.2 Å². The highest BCUT2D eigenvalue weighted by Crippen LogP contribution is 2.17. The molecule has 0 atom stereocenters. The highest BCUT2D eigenvalue weighted by molar-refractivity contribution is 6.29. The predicted octanol–water partition coefficient (Wildman–Crippen LogP) is 1.01. The van der Waals surface area contributed by atoms with Gasteiger partial charge in [0.1, 0.15) is 5.15 Å². The number of carbonyl (C=O) groups is 2. The van der Waals surface area contributed by atoms with Crippen LogP contribution in [0, 0.1) is 0 Å². The molecule has 2 N–H and O–H groups in total. The molecule has 0 saturated carbocycles. The number of likely N-dealkylation sites (tertiary alicyclic amines) is 1. The molecule has 0 bridgehead atoms. The average Bonchev–Trinajstić information content (AvgIpc) is 2.94. The summed E-state index contributed by atoms with van der Waals surface area (Å²) < 4.78 is 0. The number of rotatable bonds is 3. The number of pyridine rings is 1. The molecule has 2 amide bonds. The monoisotopic (exact) mass is 296 g/mol. The molecule has 0 aromatic carbocycles. The Labute approximate surface area is 122 Å². The van der Waals surface area contributed by atoms with Gasteiger partial charge in [-0.05, 0) is 18.9 Å². The van der Waals surface area contributed by atoms with Gasteiger partial charge in [-0.1, -0.05) is 11.6 Å². The first kappa shape index (κ1) is 14.6. The van der Waals surface area contributed by atoms with Crippen molar-refractivity contribution in [2.45, 2.75) is 12.8 Å². The second-order valence-corrected chi connectivity index (χ2v) is 5.23. The molecule has 1 aromatic heterocycles. The maximum atomic E-state index is 12.3. The van der Waals surface area contributed by atoms with Crippen LogP contribution in [0.4, 0.5) is 5.69 Å². The van der Waals surface area contributed by atoms with E-state index in [1.807, 2.05) is 0 Å². The molecular formula is C13H17ClN4O2. The van der Waals surface area contributed by atoms with Crippen LogP contribution in [0.15, 0.2) is 12.3 Å². The van der Waals surface area contributed by atoms with E-state index in [0.717, 1.165) is 25.9 Å². The summed E-state index contributed by atoms with van der Waals surface area (Å²) in [5.74, 6) is -0.378. The number of amides is 2. The molecule has 0 unspecified atom stereocenters. The zero-order chi connectivity index (χ0) is 14.7. The van der Waals surface area contributed by atoms with Gasteiger partial charge in [0.25, 0.3) is 5.91 Å². The van der Waals surface area contributed by atoms with Crippen molar-refractivity contribution in [3.63, 3.8) is 0 Å². The molecule has 1 aromatic rings. The van der Waals surface area contributed by atoms with Crippen LogP contribution in [0.2, 0.25) is 5.15 Å². The lowest BCUT2D eigenvalue weighted by molar-refractivity contribution is -0.130. The average molecular weight is 297 g/mol. The van der Waals surface area contributed by atoms with Crippen LogP contribution in [-0.2, 0) is 4.79 Å². The molecule has 2 rings (SSSR count). The van der Waals surface area contributed by atoms with Gasteiger partial charge in [0, 0.05) is 20.1 Å². The number of carbonyl (C=O) groups excluding carboxylic acids is 2. The molecule has 7 heteroatoms. The Bertz CT molecular complexity index is 529. The van der Waals surface area contributed by atoms with Crippen LogP contribution in [0.1, 0.15) is 23.2 Å². The lowest BCUT2D eigenvalue weighted by atomic mass is 10.2. The number of hydrogen-bond donors (Lipinski definition) is 1. The molecule has 108 valence electrons. The Morgan fingerprint density at radius 1 is 1.45 bits per heavy atom. The number of halogens is 1. The van der Waals surface area contributed by atoms with E-state index in [9.17, 15) is 9.59 Å². The molecule has 1 saturated heterocycles. The second kappa shape index (κ2) is 6.09. The van der Waals surface area contributed by atoms with E-state index in [-0.39, 0.29) is 34.8 Å². The van der Waals surface area contributed by atoms with Crippen LogP contribution < -0.4 is 5.73 Å². The Hall–Kier alpha value is -1.82. The highest BCUT2D eigenvalue weighted by atomic mass is 35.5. The van der Waals surface area contributed by atoms with E-state index in [1.54, 1.807) is 11.9 Å². The first-order valence-electron chi connectivity index (χ1n) is 6.43. The molecule has 20 heavy (non-hydrogen) atoms. The summed E-state index contributed by atoms with van der Waals surface area (Å²) in [5, 5.41) is 0.196. The Morgan fingerprint density at radius 3 is 2.75 bits per heavy atom. The summed E-state index contributed by atoms with van der Waals surface area (Å²) in [5.41, 5.74) is 6.23. The van der Waals surface area contributed by atoms with Gasteiger partial charge < -0.3 is 15.5 Å². The third-order valence-corrected chi connectivity index (χ3v) is 3.52. The van der Waals surface area contributed by atoms with Crippen LogP contribution in [-0.4, -0.2) is 53.3 Å². The van der Waals surface area contributed by atoms with Gasteiger partial charge in [-0.15, -0.1) is 0 Å². The molecule has 2 heterocycles. The predicted molar refractivity (Wildman–Crippen MR) is 76.4 cm³/mol. The standard InChI is InChI=1S/C13H17ClN4O2/c1-17(8-12(19)18-4-2-3-5-18)13(20)9-6-11(14)16-7-10(9)15/h6-7H,2-5,8,15H2,1H3. The lowest BCUT2D eigenvalue weighted by Gasteiger charge is -2.21. The van der Waals surface area contributed by atoms with Crippen LogP contribution in [0.25, 0.3) is 0 Å². The molecular weight excluding hydrogens is 280 g/mol. The van der Waals surface area contributed by atoms with Crippen molar-refractivity contribution in [1.82, 2.24) is 14.8 Å². The van der Waals surface area contributed by atoms with E-state index in [4.69, 9.17) is 17.3 Å². The van der Waals surface area contributed by atoms with E-state index >= 15 is 0 Å². The zero-order valence-corrected chi connectivity index (χ0v) is 12.1. The third kappa shape index (κ3) is 3.19. The normalized spacial score (nSPS) is 14.4. The van der Waals surface area contributed by atoms with Crippen molar-refractivity contribution in [3.8, 4) is 0 Å². The minimum Gasteiger partial charge on any atom is -0.397 e. The van der Waals surface area contributed by atoms with Crippen molar-refractivity contribution < 1.29 is 9.59 Å². The number of nitrogens with two attached hydrogens (primary N) is 1.